The topological polar surface area (TPSA) is 83.5 Å². The zero-order chi connectivity index (χ0) is 14.9. The van der Waals surface area contributed by atoms with Gasteiger partial charge in [0.15, 0.2) is 0 Å². The number of aromatic carboxylic acids is 1. The summed E-state index contributed by atoms with van der Waals surface area (Å²) in [6.45, 7) is 0. The number of carboxylic acids is 1. The zero-order valence-corrected chi connectivity index (χ0v) is 12.8. The Balaban J connectivity index is 2.42. The molecule has 0 aliphatic heterocycles. The Labute approximate surface area is 128 Å². The fourth-order valence-corrected chi connectivity index (χ4v) is 4.15. The highest BCUT2D eigenvalue weighted by atomic mass is 35.5. The minimum atomic E-state index is -3.88. The average Bonchev–Trinajstić information content (AvgIpc) is 2.78. The second-order valence-corrected chi connectivity index (χ2v) is 7.72. The SMILES string of the molecule is O=C(O)c1cc(Cl)ccc1NS(=O)(=O)c1ccc(Cl)s1. The largest absolute Gasteiger partial charge is 0.478 e. The molecule has 1 aromatic heterocycles. The summed E-state index contributed by atoms with van der Waals surface area (Å²) in [5.41, 5.74) is -0.296. The van der Waals surface area contributed by atoms with E-state index in [1.54, 1.807) is 0 Å². The molecule has 2 rings (SSSR count). The molecule has 0 radical (unpaired) electrons. The van der Waals surface area contributed by atoms with E-state index < -0.39 is 16.0 Å². The summed E-state index contributed by atoms with van der Waals surface area (Å²) in [4.78, 5) is 11.1. The molecule has 0 amide bonds. The predicted octanol–water partition coefficient (Wildman–Crippen LogP) is 3.55. The van der Waals surface area contributed by atoms with Gasteiger partial charge in [0, 0.05) is 5.02 Å². The molecule has 2 aromatic rings. The van der Waals surface area contributed by atoms with Crippen molar-refractivity contribution in [2.75, 3.05) is 4.72 Å². The quantitative estimate of drug-likeness (QED) is 0.881. The van der Waals surface area contributed by atoms with Gasteiger partial charge < -0.3 is 5.11 Å². The van der Waals surface area contributed by atoms with Crippen LogP contribution in [0.25, 0.3) is 0 Å². The zero-order valence-electron chi connectivity index (χ0n) is 9.63. The predicted molar refractivity (Wildman–Crippen MR) is 78.5 cm³/mol. The minimum absolute atomic E-state index is 0.00575. The van der Waals surface area contributed by atoms with E-state index in [9.17, 15) is 13.2 Å². The maximum atomic E-state index is 12.1. The number of thiophene rings is 1. The van der Waals surface area contributed by atoms with Crippen molar-refractivity contribution in [3.63, 3.8) is 0 Å². The van der Waals surface area contributed by atoms with E-state index in [1.807, 2.05) is 0 Å². The number of hydrogen-bond donors (Lipinski definition) is 2. The van der Waals surface area contributed by atoms with Gasteiger partial charge in [-0.05, 0) is 30.3 Å². The first-order valence-electron chi connectivity index (χ1n) is 5.10. The van der Waals surface area contributed by atoms with Crippen LogP contribution in [0.1, 0.15) is 10.4 Å². The number of benzene rings is 1. The first kappa shape index (κ1) is 15.1. The molecule has 0 aliphatic rings. The van der Waals surface area contributed by atoms with Crippen LogP contribution in [0.5, 0.6) is 0 Å². The van der Waals surface area contributed by atoms with E-state index in [0.717, 1.165) is 11.3 Å². The highest BCUT2D eigenvalue weighted by Crippen LogP contribution is 2.29. The van der Waals surface area contributed by atoms with Gasteiger partial charge in [-0.15, -0.1) is 11.3 Å². The normalized spacial score (nSPS) is 11.3. The first-order chi connectivity index (χ1) is 9.29. The van der Waals surface area contributed by atoms with Crippen LogP contribution in [0.3, 0.4) is 0 Å². The third-order valence-corrected chi connectivity index (χ3v) is 5.59. The van der Waals surface area contributed by atoms with E-state index in [0.29, 0.717) is 4.34 Å². The lowest BCUT2D eigenvalue weighted by molar-refractivity contribution is 0.0698. The molecule has 0 saturated heterocycles. The minimum Gasteiger partial charge on any atom is -0.478 e. The lowest BCUT2D eigenvalue weighted by Gasteiger charge is -2.09. The summed E-state index contributed by atoms with van der Waals surface area (Å²) >= 11 is 12.3. The molecule has 0 saturated carbocycles. The Kier molecular flexibility index (Phi) is 4.24. The number of halogens is 2. The van der Waals surface area contributed by atoms with E-state index in [4.69, 9.17) is 28.3 Å². The van der Waals surface area contributed by atoms with E-state index in [1.165, 1.54) is 30.3 Å². The standard InChI is InChI=1S/C11H7Cl2NO4S2/c12-6-1-2-8(7(5-6)11(15)16)14-20(17,18)10-4-3-9(13)19-10/h1-5,14H,(H,15,16). The number of hydrogen-bond acceptors (Lipinski definition) is 4. The van der Waals surface area contributed by atoms with E-state index in [-0.39, 0.29) is 20.5 Å². The molecule has 5 nitrogen and oxygen atoms in total. The van der Waals surface area contributed by atoms with Gasteiger partial charge >= 0.3 is 5.97 Å². The molecule has 0 bridgehead atoms. The molecule has 1 aromatic carbocycles. The Morgan fingerprint density at radius 1 is 1.20 bits per heavy atom. The second kappa shape index (κ2) is 5.61. The molecular weight excluding hydrogens is 345 g/mol. The lowest BCUT2D eigenvalue weighted by atomic mass is 10.2. The van der Waals surface area contributed by atoms with Crippen LogP contribution < -0.4 is 4.72 Å². The fraction of sp³-hybridized carbons (Fsp3) is 0. The number of nitrogens with one attached hydrogen (secondary N) is 1. The molecule has 0 spiro atoms. The Hall–Kier alpha value is -1.28. The Morgan fingerprint density at radius 3 is 2.45 bits per heavy atom. The maximum absolute atomic E-state index is 12.1. The molecule has 1 heterocycles. The maximum Gasteiger partial charge on any atom is 0.337 e. The Morgan fingerprint density at radius 2 is 1.90 bits per heavy atom. The monoisotopic (exact) mass is 351 g/mol. The summed E-state index contributed by atoms with van der Waals surface area (Å²) < 4.78 is 26.7. The van der Waals surface area contributed by atoms with Crippen LogP contribution in [0.15, 0.2) is 34.5 Å². The van der Waals surface area contributed by atoms with E-state index >= 15 is 0 Å². The molecule has 106 valence electrons. The highest BCUT2D eigenvalue weighted by molar-refractivity contribution is 7.94. The highest BCUT2D eigenvalue weighted by Gasteiger charge is 2.20. The van der Waals surface area contributed by atoms with Crippen LogP contribution in [-0.4, -0.2) is 19.5 Å². The van der Waals surface area contributed by atoms with Crippen molar-refractivity contribution in [1.29, 1.82) is 0 Å². The first-order valence-corrected chi connectivity index (χ1v) is 8.16. The molecule has 9 heteroatoms. The van der Waals surface area contributed by atoms with Crippen LogP contribution in [0.4, 0.5) is 5.69 Å². The van der Waals surface area contributed by atoms with Gasteiger partial charge in [-0.25, -0.2) is 13.2 Å². The summed E-state index contributed by atoms with van der Waals surface area (Å²) in [6.07, 6.45) is 0. The molecule has 0 fully saturated rings. The van der Waals surface area contributed by atoms with Gasteiger partial charge in [-0.1, -0.05) is 23.2 Å². The van der Waals surface area contributed by atoms with Crippen molar-refractivity contribution in [2.45, 2.75) is 4.21 Å². The van der Waals surface area contributed by atoms with Crippen LogP contribution in [-0.2, 0) is 10.0 Å². The van der Waals surface area contributed by atoms with Gasteiger partial charge in [0.25, 0.3) is 10.0 Å². The summed E-state index contributed by atoms with van der Waals surface area (Å²) in [5.74, 6) is -1.28. The van der Waals surface area contributed by atoms with Crippen molar-refractivity contribution < 1.29 is 18.3 Å². The van der Waals surface area contributed by atoms with Crippen LogP contribution >= 0.6 is 34.5 Å². The third kappa shape index (κ3) is 3.24. The van der Waals surface area contributed by atoms with Gasteiger partial charge in [0.2, 0.25) is 0 Å². The van der Waals surface area contributed by atoms with Gasteiger partial charge in [-0.2, -0.15) is 0 Å². The summed E-state index contributed by atoms with van der Waals surface area (Å²) in [7, 11) is -3.88. The molecule has 20 heavy (non-hydrogen) atoms. The number of anilines is 1. The van der Waals surface area contributed by atoms with Crippen molar-refractivity contribution in [3.05, 3.63) is 45.3 Å². The van der Waals surface area contributed by atoms with Crippen molar-refractivity contribution in [3.8, 4) is 0 Å². The molecule has 0 unspecified atom stereocenters. The number of carboxylic acid groups (broad SMARTS) is 1. The molecule has 0 atom stereocenters. The number of carbonyl (C=O) groups is 1. The Bertz CT molecular complexity index is 770. The van der Waals surface area contributed by atoms with Crippen molar-refractivity contribution in [1.82, 2.24) is 0 Å². The molecule has 0 aliphatic carbocycles. The average molecular weight is 352 g/mol. The van der Waals surface area contributed by atoms with Crippen LogP contribution in [0, 0.1) is 0 Å². The summed E-state index contributed by atoms with van der Waals surface area (Å²) in [5, 5.41) is 9.25. The fourth-order valence-electron chi connectivity index (χ4n) is 1.42. The number of sulfonamides is 1. The second-order valence-electron chi connectivity index (χ2n) is 3.66. The van der Waals surface area contributed by atoms with Crippen LogP contribution in [0.2, 0.25) is 9.36 Å². The van der Waals surface area contributed by atoms with Gasteiger partial charge in [-0.3, -0.25) is 4.72 Å². The van der Waals surface area contributed by atoms with Gasteiger partial charge in [0.05, 0.1) is 15.6 Å². The third-order valence-electron chi connectivity index (χ3n) is 2.27. The smallest absolute Gasteiger partial charge is 0.337 e. The van der Waals surface area contributed by atoms with Crippen molar-refractivity contribution >= 4 is 56.2 Å². The van der Waals surface area contributed by atoms with E-state index in [2.05, 4.69) is 4.72 Å². The molecule has 2 N–H and O–H groups in total. The number of rotatable bonds is 4. The van der Waals surface area contributed by atoms with Crippen molar-refractivity contribution in [2.24, 2.45) is 0 Å². The molecular formula is C11H7Cl2NO4S2. The lowest BCUT2D eigenvalue weighted by Crippen LogP contribution is -2.14. The van der Waals surface area contributed by atoms with Gasteiger partial charge in [0.1, 0.15) is 4.21 Å². The summed E-state index contributed by atoms with van der Waals surface area (Å²) in [6, 6.07) is 6.64.